The number of ketones is 1. The molecule has 0 atom stereocenters. The molecule has 1 heterocycles. The van der Waals surface area contributed by atoms with E-state index in [1.807, 2.05) is 0 Å². The molecule has 0 fully saturated rings. The predicted octanol–water partition coefficient (Wildman–Crippen LogP) is 5.49. The van der Waals surface area contributed by atoms with Crippen molar-refractivity contribution in [2.75, 3.05) is 10.6 Å². The van der Waals surface area contributed by atoms with Gasteiger partial charge in [0.15, 0.2) is 5.78 Å². The molecule has 2 aromatic carbocycles. The van der Waals surface area contributed by atoms with Crippen LogP contribution in [-0.2, 0) is 6.18 Å². The fourth-order valence-corrected chi connectivity index (χ4v) is 2.55. The lowest BCUT2D eigenvalue weighted by Crippen LogP contribution is -2.06. The second-order valence-electron chi connectivity index (χ2n) is 6.18. The van der Waals surface area contributed by atoms with Crippen LogP contribution in [-0.4, -0.2) is 15.8 Å². The molecule has 144 valence electrons. The summed E-state index contributed by atoms with van der Waals surface area (Å²) in [5.74, 6) is 0.543. The van der Waals surface area contributed by atoms with Crippen LogP contribution in [0.1, 0.15) is 28.5 Å². The lowest BCUT2D eigenvalue weighted by molar-refractivity contribution is -0.137. The molecule has 1 aromatic heterocycles. The fourth-order valence-electron chi connectivity index (χ4n) is 2.55. The number of aryl methyl sites for hydroxylation is 1. The number of benzene rings is 2. The summed E-state index contributed by atoms with van der Waals surface area (Å²) in [6, 6.07) is 13.4. The second-order valence-corrected chi connectivity index (χ2v) is 6.18. The van der Waals surface area contributed by atoms with Crippen molar-refractivity contribution in [1.29, 1.82) is 0 Å². The van der Waals surface area contributed by atoms with Crippen molar-refractivity contribution >= 4 is 28.9 Å². The van der Waals surface area contributed by atoms with Gasteiger partial charge in [0.25, 0.3) is 0 Å². The summed E-state index contributed by atoms with van der Waals surface area (Å²) in [5.41, 5.74) is 1.30. The Balaban J connectivity index is 1.84. The molecule has 2 N–H and O–H groups in total. The van der Waals surface area contributed by atoms with E-state index in [0.29, 0.717) is 22.8 Å². The minimum atomic E-state index is -4.43. The van der Waals surface area contributed by atoms with Gasteiger partial charge in [-0.15, -0.1) is 0 Å². The van der Waals surface area contributed by atoms with Gasteiger partial charge in [0.1, 0.15) is 5.82 Å². The minimum Gasteiger partial charge on any atom is -0.340 e. The zero-order valence-corrected chi connectivity index (χ0v) is 15.1. The Labute approximate surface area is 159 Å². The maximum absolute atomic E-state index is 12.9. The molecule has 0 saturated carbocycles. The van der Waals surface area contributed by atoms with Gasteiger partial charge < -0.3 is 10.6 Å². The number of carbonyl (C=O) groups is 1. The van der Waals surface area contributed by atoms with Gasteiger partial charge >= 0.3 is 6.18 Å². The molecule has 0 amide bonds. The van der Waals surface area contributed by atoms with Crippen molar-refractivity contribution in [2.24, 2.45) is 0 Å². The highest BCUT2D eigenvalue weighted by atomic mass is 19.4. The number of rotatable bonds is 5. The molecule has 0 saturated heterocycles. The molecule has 0 aliphatic rings. The van der Waals surface area contributed by atoms with E-state index in [4.69, 9.17) is 0 Å². The van der Waals surface area contributed by atoms with E-state index in [1.165, 1.54) is 19.1 Å². The third kappa shape index (κ3) is 4.85. The van der Waals surface area contributed by atoms with E-state index in [0.717, 1.165) is 12.1 Å². The molecule has 0 bridgehead atoms. The largest absolute Gasteiger partial charge is 0.416 e. The normalized spacial score (nSPS) is 11.2. The molecule has 0 aliphatic carbocycles. The fraction of sp³-hybridized carbons (Fsp3) is 0.150. The van der Waals surface area contributed by atoms with Crippen LogP contribution in [0.4, 0.5) is 36.3 Å². The van der Waals surface area contributed by atoms with Gasteiger partial charge in [0, 0.05) is 28.7 Å². The predicted molar refractivity (Wildman–Crippen MR) is 101 cm³/mol. The quantitative estimate of drug-likeness (QED) is 0.567. The van der Waals surface area contributed by atoms with E-state index >= 15 is 0 Å². The molecule has 8 heteroatoms. The number of halogens is 3. The van der Waals surface area contributed by atoms with Crippen LogP contribution in [0.3, 0.4) is 0 Å². The average Bonchev–Trinajstić information content (AvgIpc) is 2.61. The SMILES string of the molecule is CC(=O)c1cccc(Nc2cc(C)nc(Nc3cccc(C(F)(F)F)c3)n2)c1. The van der Waals surface area contributed by atoms with Gasteiger partial charge in [0.2, 0.25) is 5.95 Å². The first-order valence-corrected chi connectivity index (χ1v) is 8.39. The Hall–Kier alpha value is -3.42. The molecule has 3 aromatic rings. The number of anilines is 4. The molecule has 0 spiro atoms. The minimum absolute atomic E-state index is 0.0607. The van der Waals surface area contributed by atoms with Crippen LogP contribution >= 0.6 is 0 Å². The first-order valence-electron chi connectivity index (χ1n) is 8.39. The summed E-state index contributed by atoms with van der Waals surface area (Å²) >= 11 is 0. The Bertz CT molecular complexity index is 1020. The molecule has 0 radical (unpaired) electrons. The van der Waals surface area contributed by atoms with Crippen molar-refractivity contribution in [3.8, 4) is 0 Å². The van der Waals surface area contributed by atoms with E-state index < -0.39 is 11.7 Å². The van der Waals surface area contributed by atoms with Crippen molar-refractivity contribution in [3.05, 3.63) is 71.4 Å². The molecule has 0 aliphatic heterocycles. The average molecular weight is 386 g/mol. The molecule has 5 nitrogen and oxygen atoms in total. The Morgan fingerprint density at radius 1 is 0.929 bits per heavy atom. The Morgan fingerprint density at radius 3 is 2.29 bits per heavy atom. The van der Waals surface area contributed by atoms with Crippen molar-refractivity contribution < 1.29 is 18.0 Å². The number of nitrogens with one attached hydrogen (secondary N) is 2. The van der Waals surface area contributed by atoms with Crippen LogP contribution in [0.2, 0.25) is 0 Å². The van der Waals surface area contributed by atoms with Gasteiger partial charge in [-0.1, -0.05) is 18.2 Å². The smallest absolute Gasteiger partial charge is 0.340 e. The number of Topliss-reactive ketones (excluding diaryl/α,β-unsaturated/α-hetero) is 1. The summed E-state index contributed by atoms with van der Waals surface area (Å²) in [6.07, 6.45) is -4.43. The van der Waals surface area contributed by atoms with Crippen molar-refractivity contribution in [2.45, 2.75) is 20.0 Å². The zero-order chi connectivity index (χ0) is 20.3. The number of hydrogen-bond acceptors (Lipinski definition) is 5. The summed E-state index contributed by atoms with van der Waals surface area (Å²) in [5, 5.41) is 5.88. The molecule has 3 rings (SSSR count). The third-order valence-corrected chi connectivity index (χ3v) is 3.84. The van der Waals surface area contributed by atoms with Gasteiger partial charge in [-0.2, -0.15) is 18.2 Å². The zero-order valence-electron chi connectivity index (χ0n) is 15.1. The standard InChI is InChI=1S/C20H17F3N4O/c1-12-9-18(25-16-7-3-5-14(10-16)13(2)28)27-19(24-12)26-17-8-4-6-15(11-17)20(21,22)23/h3-11H,1-2H3,(H2,24,25,26,27). The van der Waals surface area contributed by atoms with Crippen LogP contribution < -0.4 is 10.6 Å². The van der Waals surface area contributed by atoms with Gasteiger partial charge in [-0.3, -0.25) is 4.79 Å². The van der Waals surface area contributed by atoms with E-state index in [9.17, 15) is 18.0 Å². The Morgan fingerprint density at radius 2 is 1.61 bits per heavy atom. The lowest BCUT2D eigenvalue weighted by Gasteiger charge is -2.12. The Kier molecular flexibility index (Phi) is 5.30. The molecule has 28 heavy (non-hydrogen) atoms. The highest BCUT2D eigenvalue weighted by Crippen LogP contribution is 2.31. The number of carbonyl (C=O) groups excluding carboxylic acids is 1. The highest BCUT2D eigenvalue weighted by molar-refractivity contribution is 5.95. The van der Waals surface area contributed by atoms with E-state index in [1.54, 1.807) is 37.3 Å². The van der Waals surface area contributed by atoms with Gasteiger partial charge in [0.05, 0.1) is 5.56 Å². The molecular weight excluding hydrogens is 369 g/mol. The van der Waals surface area contributed by atoms with Gasteiger partial charge in [-0.05, 0) is 44.2 Å². The van der Waals surface area contributed by atoms with E-state index in [2.05, 4.69) is 20.6 Å². The first kappa shape index (κ1) is 19.3. The molecular formula is C20H17F3N4O. The highest BCUT2D eigenvalue weighted by Gasteiger charge is 2.30. The lowest BCUT2D eigenvalue weighted by atomic mass is 10.1. The number of alkyl halides is 3. The second kappa shape index (κ2) is 7.67. The molecule has 0 unspecified atom stereocenters. The first-order chi connectivity index (χ1) is 13.2. The summed E-state index contributed by atoms with van der Waals surface area (Å²) < 4.78 is 38.6. The third-order valence-electron chi connectivity index (χ3n) is 3.84. The van der Waals surface area contributed by atoms with Crippen molar-refractivity contribution in [1.82, 2.24) is 9.97 Å². The van der Waals surface area contributed by atoms with Crippen LogP contribution in [0.5, 0.6) is 0 Å². The monoisotopic (exact) mass is 386 g/mol. The number of nitrogens with zero attached hydrogens (tertiary/aromatic N) is 2. The summed E-state index contributed by atoms with van der Waals surface area (Å²) in [7, 11) is 0. The van der Waals surface area contributed by atoms with E-state index in [-0.39, 0.29) is 17.4 Å². The van der Waals surface area contributed by atoms with Crippen LogP contribution in [0.15, 0.2) is 54.6 Å². The maximum Gasteiger partial charge on any atom is 0.416 e. The van der Waals surface area contributed by atoms with Crippen LogP contribution in [0.25, 0.3) is 0 Å². The number of aromatic nitrogens is 2. The summed E-state index contributed by atoms with van der Waals surface area (Å²) in [4.78, 5) is 20.0. The van der Waals surface area contributed by atoms with Crippen LogP contribution in [0, 0.1) is 6.92 Å². The summed E-state index contributed by atoms with van der Waals surface area (Å²) in [6.45, 7) is 3.22. The maximum atomic E-state index is 12.9. The van der Waals surface area contributed by atoms with Crippen molar-refractivity contribution in [3.63, 3.8) is 0 Å². The topological polar surface area (TPSA) is 66.9 Å². The van der Waals surface area contributed by atoms with Gasteiger partial charge in [-0.25, -0.2) is 4.98 Å². The number of hydrogen-bond donors (Lipinski definition) is 2.